The first-order valence-electron chi connectivity index (χ1n) is 9.96. The molecule has 5 heteroatoms. The molecule has 2 aliphatic rings. The Morgan fingerprint density at radius 1 is 1.07 bits per heavy atom. The third-order valence-corrected chi connectivity index (χ3v) is 5.77. The Morgan fingerprint density at radius 2 is 1.75 bits per heavy atom. The first-order valence-corrected chi connectivity index (χ1v) is 9.96. The van der Waals surface area contributed by atoms with E-state index in [4.69, 9.17) is 9.47 Å². The quantitative estimate of drug-likeness (QED) is 0.847. The Hall–Kier alpha value is -2.66. The molecule has 0 bridgehead atoms. The first-order chi connectivity index (χ1) is 13.6. The number of methoxy groups -OCH3 is 1. The van der Waals surface area contributed by atoms with E-state index in [1.54, 1.807) is 7.11 Å². The van der Waals surface area contributed by atoms with Gasteiger partial charge in [-0.15, -0.1) is 0 Å². The number of fused-ring (bicyclic) bond motifs is 1. The smallest absolute Gasteiger partial charge is 0.190 e. The highest BCUT2D eigenvalue weighted by Gasteiger charge is 2.54. The van der Waals surface area contributed by atoms with Gasteiger partial charge in [0.1, 0.15) is 17.3 Å². The van der Waals surface area contributed by atoms with Crippen LogP contribution in [0.1, 0.15) is 32.3 Å². The number of allylic oxidation sites excluding steroid dienone is 1. The molecule has 0 aliphatic carbocycles. The molecule has 0 amide bonds. The monoisotopic (exact) mass is 380 g/mol. The van der Waals surface area contributed by atoms with Gasteiger partial charge >= 0.3 is 0 Å². The second-order valence-corrected chi connectivity index (χ2v) is 7.29. The second kappa shape index (κ2) is 7.40. The van der Waals surface area contributed by atoms with Crippen molar-refractivity contribution in [3.8, 4) is 11.5 Å². The van der Waals surface area contributed by atoms with Crippen molar-refractivity contribution in [2.75, 3.05) is 25.2 Å². The predicted molar refractivity (Wildman–Crippen MR) is 110 cm³/mol. The average Bonchev–Trinajstić information content (AvgIpc) is 2.97. The van der Waals surface area contributed by atoms with E-state index in [2.05, 4.69) is 22.8 Å². The number of anilines is 1. The maximum atomic E-state index is 12.1. The molecule has 0 saturated carbocycles. The molecule has 2 aromatic rings. The van der Waals surface area contributed by atoms with E-state index in [0.717, 1.165) is 48.0 Å². The van der Waals surface area contributed by atoms with Crippen LogP contribution in [0.4, 0.5) is 5.69 Å². The summed E-state index contributed by atoms with van der Waals surface area (Å²) in [6.45, 7) is 5.63. The molecule has 0 unspecified atom stereocenters. The van der Waals surface area contributed by atoms with Crippen LogP contribution >= 0.6 is 0 Å². The molecule has 148 valence electrons. The SMILES string of the molecule is CCOc1ccc([C@@]2(O)[C@H](C)N3CCCC=C3N2c2ccc(OC)cc2)cc1. The Balaban J connectivity index is 1.81. The lowest BCUT2D eigenvalue weighted by Crippen LogP contribution is -2.47. The van der Waals surface area contributed by atoms with Gasteiger partial charge in [-0.25, -0.2) is 0 Å². The van der Waals surface area contributed by atoms with Gasteiger partial charge in [0, 0.05) is 17.8 Å². The highest BCUT2D eigenvalue weighted by atomic mass is 16.5. The number of nitrogens with zero attached hydrogens (tertiary/aromatic N) is 2. The van der Waals surface area contributed by atoms with Crippen molar-refractivity contribution < 1.29 is 14.6 Å². The lowest BCUT2D eigenvalue weighted by atomic mass is 9.94. The van der Waals surface area contributed by atoms with Gasteiger partial charge in [0.05, 0.1) is 19.8 Å². The molecule has 4 rings (SSSR count). The van der Waals surface area contributed by atoms with E-state index < -0.39 is 5.72 Å². The zero-order valence-corrected chi connectivity index (χ0v) is 16.8. The Morgan fingerprint density at radius 3 is 2.39 bits per heavy atom. The van der Waals surface area contributed by atoms with E-state index in [9.17, 15) is 5.11 Å². The molecule has 0 aromatic heterocycles. The minimum Gasteiger partial charge on any atom is -0.497 e. The van der Waals surface area contributed by atoms with Crippen molar-refractivity contribution in [1.29, 1.82) is 0 Å². The first kappa shape index (κ1) is 18.7. The summed E-state index contributed by atoms with van der Waals surface area (Å²) >= 11 is 0. The molecule has 1 saturated heterocycles. The lowest BCUT2D eigenvalue weighted by Gasteiger charge is -2.37. The van der Waals surface area contributed by atoms with Crippen LogP contribution in [0.3, 0.4) is 0 Å². The summed E-state index contributed by atoms with van der Waals surface area (Å²) in [4.78, 5) is 4.37. The molecule has 1 N–H and O–H groups in total. The van der Waals surface area contributed by atoms with Crippen molar-refractivity contribution in [1.82, 2.24) is 4.90 Å². The molecule has 1 fully saturated rings. The number of benzene rings is 2. The average molecular weight is 380 g/mol. The molecular formula is C23H28N2O3. The minimum atomic E-state index is -1.17. The molecule has 2 aromatic carbocycles. The fraction of sp³-hybridized carbons (Fsp3) is 0.391. The predicted octanol–water partition coefficient (Wildman–Crippen LogP) is 4.08. The third kappa shape index (κ3) is 2.90. The van der Waals surface area contributed by atoms with E-state index >= 15 is 0 Å². The molecule has 2 aliphatic heterocycles. The summed E-state index contributed by atoms with van der Waals surface area (Å²) in [5.41, 5.74) is 0.629. The van der Waals surface area contributed by atoms with E-state index in [1.165, 1.54) is 0 Å². The molecule has 0 spiro atoms. The largest absolute Gasteiger partial charge is 0.497 e. The number of rotatable bonds is 5. The number of hydrogen-bond acceptors (Lipinski definition) is 5. The second-order valence-electron chi connectivity index (χ2n) is 7.29. The van der Waals surface area contributed by atoms with Crippen LogP contribution in [0.5, 0.6) is 11.5 Å². The van der Waals surface area contributed by atoms with Crippen molar-refractivity contribution in [2.24, 2.45) is 0 Å². The Kier molecular flexibility index (Phi) is 4.94. The van der Waals surface area contributed by atoms with Gasteiger partial charge in [0.15, 0.2) is 5.72 Å². The lowest BCUT2D eigenvalue weighted by molar-refractivity contribution is 0.00780. The van der Waals surface area contributed by atoms with Crippen LogP contribution in [-0.2, 0) is 5.72 Å². The van der Waals surface area contributed by atoms with Crippen LogP contribution in [0.2, 0.25) is 0 Å². The van der Waals surface area contributed by atoms with Gasteiger partial charge in [-0.1, -0.05) is 12.1 Å². The van der Waals surface area contributed by atoms with Gasteiger partial charge in [0.2, 0.25) is 0 Å². The molecule has 2 atom stereocenters. The number of hydrogen-bond donors (Lipinski definition) is 1. The maximum absolute atomic E-state index is 12.1. The normalized spacial score (nSPS) is 24.0. The molecule has 2 heterocycles. The van der Waals surface area contributed by atoms with Crippen molar-refractivity contribution in [2.45, 2.75) is 38.5 Å². The topological polar surface area (TPSA) is 45.2 Å². The van der Waals surface area contributed by atoms with Crippen LogP contribution in [0.15, 0.2) is 60.4 Å². The summed E-state index contributed by atoms with van der Waals surface area (Å²) in [6, 6.07) is 15.6. The van der Waals surface area contributed by atoms with Gasteiger partial charge in [-0.2, -0.15) is 0 Å². The van der Waals surface area contributed by atoms with Crippen molar-refractivity contribution in [3.63, 3.8) is 0 Å². The van der Waals surface area contributed by atoms with E-state index in [1.807, 2.05) is 55.5 Å². The van der Waals surface area contributed by atoms with E-state index in [0.29, 0.717) is 6.61 Å². The molecule has 0 radical (unpaired) electrons. The zero-order valence-electron chi connectivity index (χ0n) is 16.8. The van der Waals surface area contributed by atoms with Gasteiger partial charge in [-0.05, 0) is 69.2 Å². The van der Waals surface area contributed by atoms with Crippen LogP contribution in [-0.4, -0.2) is 36.3 Å². The number of ether oxygens (including phenoxy) is 2. The van der Waals surface area contributed by atoms with Crippen LogP contribution in [0, 0.1) is 0 Å². The standard InChI is InChI=1S/C23H28N2O3/c1-4-28-21-12-8-18(9-13-21)23(26)17(2)24-16-6-5-7-22(24)25(23)19-10-14-20(27-3)15-11-19/h7-15,17,26H,4-6,16H2,1-3H3/t17-,23-/m0/s1. The van der Waals surface area contributed by atoms with Crippen LogP contribution < -0.4 is 14.4 Å². The van der Waals surface area contributed by atoms with Crippen molar-refractivity contribution >= 4 is 5.69 Å². The van der Waals surface area contributed by atoms with Gasteiger partial charge < -0.3 is 19.5 Å². The highest BCUT2D eigenvalue weighted by molar-refractivity contribution is 5.60. The summed E-state index contributed by atoms with van der Waals surface area (Å²) in [5, 5.41) is 12.1. The maximum Gasteiger partial charge on any atom is 0.190 e. The van der Waals surface area contributed by atoms with Gasteiger partial charge in [-0.3, -0.25) is 4.90 Å². The Labute approximate surface area is 166 Å². The minimum absolute atomic E-state index is 0.0842. The van der Waals surface area contributed by atoms with Crippen LogP contribution in [0.25, 0.3) is 0 Å². The Bertz CT molecular complexity index is 847. The fourth-order valence-corrected chi connectivity index (χ4v) is 4.31. The third-order valence-electron chi connectivity index (χ3n) is 5.77. The number of aliphatic hydroxyl groups is 1. The van der Waals surface area contributed by atoms with E-state index in [-0.39, 0.29) is 6.04 Å². The summed E-state index contributed by atoms with van der Waals surface area (Å²) in [5.74, 6) is 2.68. The zero-order chi connectivity index (χ0) is 19.7. The fourth-order valence-electron chi connectivity index (χ4n) is 4.31. The van der Waals surface area contributed by atoms with Gasteiger partial charge in [0.25, 0.3) is 0 Å². The van der Waals surface area contributed by atoms with Crippen molar-refractivity contribution in [3.05, 3.63) is 66.0 Å². The molecule has 5 nitrogen and oxygen atoms in total. The summed E-state index contributed by atoms with van der Waals surface area (Å²) in [7, 11) is 1.66. The summed E-state index contributed by atoms with van der Waals surface area (Å²) in [6.07, 6.45) is 4.35. The summed E-state index contributed by atoms with van der Waals surface area (Å²) < 4.78 is 10.9. The molecular weight excluding hydrogens is 352 g/mol. The highest BCUT2D eigenvalue weighted by Crippen LogP contribution is 2.48. The molecule has 28 heavy (non-hydrogen) atoms.